The van der Waals surface area contributed by atoms with Crippen molar-refractivity contribution >= 4 is 10.1 Å². The molecule has 0 aromatic rings. The van der Waals surface area contributed by atoms with Crippen molar-refractivity contribution in [2.45, 2.75) is 70.6 Å². The van der Waals surface area contributed by atoms with Gasteiger partial charge in [-0.3, -0.25) is 4.55 Å². The molecule has 0 heterocycles. The first-order chi connectivity index (χ1) is 9.56. The second-order valence-corrected chi connectivity index (χ2v) is 6.77. The summed E-state index contributed by atoms with van der Waals surface area (Å²) in [4.78, 5) is 0. The standard InChI is InChI=1S/C16H30O3S/c1-2-3-4-5-6-7-8-9-10-11-12-13-14-15-16-20(17,18)19/h2,14-15H,1,3-13,16H2,(H,17,18,19). The Bertz CT molecular complexity index is 345. The van der Waals surface area contributed by atoms with E-state index in [2.05, 4.69) is 6.58 Å². The predicted octanol–water partition coefficient (Wildman–Crippen LogP) is 4.91. The number of rotatable bonds is 14. The second kappa shape index (κ2) is 13.4. The summed E-state index contributed by atoms with van der Waals surface area (Å²) in [6.07, 6.45) is 18.9. The van der Waals surface area contributed by atoms with Crippen molar-refractivity contribution in [3.8, 4) is 0 Å². The van der Waals surface area contributed by atoms with Crippen molar-refractivity contribution in [2.75, 3.05) is 5.75 Å². The molecule has 0 spiro atoms. The van der Waals surface area contributed by atoms with Gasteiger partial charge in [0.2, 0.25) is 0 Å². The first-order valence-corrected chi connectivity index (χ1v) is 9.38. The average Bonchev–Trinajstić information content (AvgIpc) is 2.38. The third-order valence-corrected chi connectivity index (χ3v) is 3.87. The highest BCUT2D eigenvalue weighted by molar-refractivity contribution is 7.85. The van der Waals surface area contributed by atoms with Crippen LogP contribution in [0.15, 0.2) is 24.8 Å². The summed E-state index contributed by atoms with van der Waals surface area (Å²) >= 11 is 0. The molecule has 0 atom stereocenters. The highest BCUT2D eigenvalue weighted by Gasteiger charge is 1.98. The van der Waals surface area contributed by atoms with E-state index in [9.17, 15) is 8.42 Å². The zero-order valence-electron chi connectivity index (χ0n) is 12.6. The predicted molar refractivity (Wildman–Crippen MR) is 86.5 cm³/mol. The topological polar surface area (TPSA) is 54.4 Å². The number of allylic oxidation sites excluding steroid dienone is 2. The molecule has 0 amide bonds. The van der Waals surface area contributed by atoms with Gasteiger partial charge in [-0.15, -0.1) is 6.58 Å². The highest BCUT2D eigenvalue weighted by atomic mass is 32.2. The number of hydrogen-bond acceptors (Lipinski definition) is 2. The molecule has 0 rings (SSSR count). The van der Waals surface area contributed by atoms with Crippen LogP contribution in [0.5, 0.6) is 0 Å². The van der Waals surface area contributed by atoms with Crippen LogP contribution in [-0.4, -0.2) is 18.7 Å². The molecule has 0 aromatic carbocycles. The Morgan fingerprint density at radius 3 is 1.65 bits per heavy atom. The van der Waals surface area contributed by atoms with Crippen molar-refractivity contribution < 1.29 is 13.0 Å². The van der Waals surface area contributed by atoms with Gasteiger partial charge in [-0.2, -0.15) is 8.42 Å². The van der Waals surface area contributed by atoms with Gasteiger partial charge in [-0.1, -0.05) is 63.2 Å². The van der Waals surface area contributed by atoms with E-state index in [1.807, 2.05) is 12.2 Å². The Morgan fingerprint density at radius 2 is 1.20 bits per heavy atom. The summed E-state index contributed by atoms with van der Waals surface area (Å²) in [6, 6.07) is 0. The fraction of sp³-hybridized carbons (Fsp3) is 0.750. The van der Waals surface area contributed by atoms with Crippen molar-refractivity contribution in [2.24, 2.45) is 0 Å². The van der Waals surface area contributed by atoms with Crippen molar-refractivity contribution in [3.05, 3.63) is 24.8 Å². The van der Waals surface area contributed by atoms with Gasteiger partial charge >= 0.3 is 0 Å². The van der Waals surface area contributed by atoms with E-state index in [1.54, 1.807) is 0 Å². The van der Waals surface area contributed by atoms with Gasteiger partial charge in [0.05, 0.1) is 5.75 Å². The maximum absolute atomic E-state index is 10.4. The van der Waals surface area contributed by atoms with E-state index in [0.717, 1.165) is 19.3 Å². The summed E-state index contributed by atoms with van der Waals surface area (Å²) in [5.74, 6) is -0.265. The van der Waals surface area contributed by atoms with Gasteiger partial charge in [0.1, 0.15) is 0 Å². The van der Waals surface area contributed by atoms with Crippen LogP contribution >= 0.6 is 0 Å². The third kappa shape index (κ3) is 17.4. The monoisotopic (exact) mass is 302 g/mol. The fourth-order valence-electron chi connectivity index (χ4n) is 2.10. The molecule has 1 N–H and O–H groups in total. The van der Waals surface area contributed by atoms with E-state index in [-0.39, 0.29) is 5.75 Å². The number of hydrogen-bond donors (Lipinski definition) is 1. The zero-order chi connectivity index (χ0) is 15.1. The van der Waals surface area contributed by atoms with Gasteiger partial charge in [-0.25, -0.2) is 0 Å². The van der Waals surface area contributed by atoms with Crippen molar-refractivity contribution in [1.29, 1.82) is 0 Å². The van der Waals surface area contributed by atoms with Crippen molar-refractivity contribution in [1.82, 2.24) is 0 Å². The minimum Gasteiger partial charge on any atom is -0.285 e. The smallest absolute Gasteiger partial charge is 0.268 e. The maximum atomic E-state index is 10.4. The van der Waals surface area contributed by atoms with E-state index >= 15 is 0 Å². The second-order valence-electron chi connectivity index (χ2n) is 5.27. The van der Waals surface area contributed by atoms with Crippen LogP contribution in [0.25, 0.3) is 0 Å². The SMILES string of the molecule is C=CCCCCCCCCCCCC=CCS(=O)(=O)O. The zero-order valence-corrected chi connectivity index (χ0v) is 13.4. The quantitative estimate of drug-likeness (QED) is 0.282. The summed E-state index contributed by atoms with van der Waals surface area (Å²) in [6.45, 7) is 3.72. The molecule has 0 fully saturated rings. The largest absolute Gasteiger partial charge is 0.285 e. The maximum Gasteiger partial charge on any atom is 0.268 e. The summed E-state index contributed by atoms with van der Waals surface area (Å²) in [5.41, 5.74) is 0. The van der Waals surface area contributed by atoms with Gasteiger partial charge < -0.3 is 0 Å². The molecule has 0 saturated heterocycles. The first kappa shape index (κ1) is 19.4. The van der Waals surface area contributed by atoms with Crippen LogP contribution < -0.4 is 0 Å². The molecular formula is C16H30O3S. The molecule has 20 heavy (non-hydrogen) atoms. The molecule has 0 saturated carbocycles. The third-order valence-electron chi connectivity index (χ3n) is 3.25. The van der Waals surface area contributed by atoms with Crippen LogP contribution in [0.4, 0.5) is 0 Å². The molecule has 0 unspecified atom stereocenters. The molecule has 0 aliphatic heterocycles. The van der Waals surface area contributed by atoms with Crippen LogP contribution in [0.3, 0.4) is 0 Å². The van der Waals surface area contributed by atoms with Crippen LogP contribution in [0, 0.1) is 0 Å². The lowest BCUT2D eigenvalue weighted by Gasteiger charge is -2.01. The minimum absolute atomic E-state index is 0.265. The Balaban J connectivity index is 3.15. The highest BCUT2D eigenvalue weighted by Crippen LogP contribution is 2.11. The lowest BCUT2D eigenvalue weighted by molar-refractivity contribution is 0.486. The molecule has 0 bridgehead atoms. The lowest BCUT2D eigenvalue weighted by Crippen LogP contribution is -1.99. The average molecular weight is 302 g/mol. The Hall–Kier alpha value is -0.610. The van der Waals surface area contributed by atoms with E-state index in [0.29, 0.717) is 0 Å². The Labute approximate surface area is 124 Å². The van der Waals surface area contributed by atoms with Gasteiger partial charge in [0, 0.05) is 0 Å². The molecule has 118 valence electrons. The Kier molecular flexibility index (Phi) is 13.0. The number of unbranched alkanes of at least 4 members (excludes halogenated alkanes) is 10. The first-order valence-electron chi connectivity index (χ1n) is 7.77. The molecule has 0 aromatic heterocycles. The van der Waals surface area contributed by atoms with Crippen molar-refractivity contribution in [3.63, 3.8) is 0 Å². The summed E-state index contributed by atoms with van der Waals surface area (Å²) in [7, 11) is -3.83. The molecule has 4 heteroatoms. The van der Waals surface area contributed by atoms with Gasteiger partial charge in [-0.05, 0) is 25.7 Å². The Morgan fingerprint density at radius 1 is 0.750 bits per heavy atom. The summed E-state index contributed by atoms with van der Waals surface area (Å²) in [5, 5.41) is 0. The fourth-order valence-corrected chi connectivity index (χ4v) is 2.48. The van der Waals surface area contributed by atoms with E-state index < -0.39 is 10.1 Å². The van der Waals surface area contributed by atoms with Crippen LogP contribution in [0.1, 0.15) is 70.6 Å². The van der Waals surface area contributed by atoms with E-state index in [4.69, 9.17) is 4.55 Å². The van der Waals surface area contributed by atoms with Crippen LogP contribution in [0.2, 0.25) is 0 Å². The molecule has 0 aliphatic carbocycles. The van der Waals surface area contributed by atoms with Gasteiger partial charge in [0.15, 0.2) is 0 Å². The van der Waals surface area contributed by atoms with E-state index in [1.165, 1.54) is 57.4 Å². The molecule has 0 aliphatic rings. The van der Waals surface area contributed by atoms with Gasteiger partial charge in [0.25, 0.3) is 10.1 Å². The lowest BCUT2D eigenvalue weighted by atomic mass is 10.1. The molecule has 3 nitrogen and oxygen atoms in total. The minimum atomic E-state index is -3.83. The molecule has 0 radical (unpaired) electrons. The molecular weight excluding hydrogens is 272 g/mol. The summed E-state index contributed by atoms with van der Waals surface area (Å²) < 4.78 is 29.4. The normalized spacial score (nSPS) is 12.1. The van der Waals surface area contributed by atoms with Crippen LogP contribution in [-0.2, 0) is 10.1 Å².